The van der Waals surface area contributed by atoms with E-state index in [4.69, 9.17) is 21.1 Å². The maximum Gasteiger partial charge on any atom is 0.254 e. The largest absolute Gasteiger partial charge is 0.490 e. The predicted molar refractivity (Wildman–Crippen MR) is 117 cm³/mol. The molecule has 0 N–H and O–H groups in total. The smallest absolute Gasteiger partial charge is 0.254 e. The van der Waals surface area contributed by atoms with Gasteiger partial charge in [0.05, 0.1) is 24.3 Å². The van der Waals surface area contributed by atoms with Crippen molar-refractivity contribution in [1.29, 1.82) is 0 Å². The van der Waals surface area contributed by atoms with E-state index < -0.39 is 10.0 Å². The van der Waals surface area contributed by atoms with E-state index in [2.05, 4.69) is 0 Å². The van der Waals surface area contributed by atoms with Gasteiger partial charge < -0.3 is 14.4 Å². The third-order valence-corrected chi connectivity index (χ3v) is 7.90. The minimum Gasteiger partial charge on any atom is -0.490 e. The average molecular weight is 465 g/mol. The molecule has 1 atom stereocenters. The lowest BCUT2D eigenvalue weighted by molar-refractivity contribution is 0.0735. The van der Waals surface area contributed by atoms with Gasteiger partial charge in [-0.05, 0) is 48.7 Å². The van der Waals surface area contributed by atoms with Gasteiger partial charge in [0.25, 0.3) is 5.91 Å². The first-order valence-corrected chi connectivity index (χ1v) is 12.0. The number of hydrogen-bond acceptors (Lipinski definition) is 5. The minimum atomic E-state index is -3.77. The van der Waals surface area contributed by atoms with Gasteiger partial charge in [0.1, 0.15) is 4.90 Å². The molecule has 0 radical (unpaired) electrons. The zero-order valence-corrected chi connectivity index (χ0v) is 19.1. The van der Waals surface area contributed by atoms with Crippen LogP contribution in [-0.4, -0.2) is 57.4 Å². The van der Waals surface area contributed by atoms with Crippen LogP contribution in [-0.2, 0) is 10.0 Å². The number of sulfonamides is 1. The molecule has 1 saturated heterocycles. The highest BCUT2D eigenvalue weighted by atomic mass is 35.5. The van der Waals surface area contributed by atoms with Crippen molar-refractivity contribution in [3.8, 4) is 11.5 Å². The summed E-state index contributed by atoms with van der Waals surface area (Å²) >= 11 is 6.14. The number of nitrogens with zero attached hydrogens (tertiary/aromatic N) is 2. The van der Waals surface area contributed by atoms with E-state index in [9.17, 15) is 13.2 Å². The van der Waals surface area contributed by atoms with Gasteiger partial charge in [0.15, 0.2) is 11.5 Å². The number of amides is 1. The lowest BCUT2D eigenvalue weighted by Crippen LogP contribution is -2.31. The summed E-state index contributed by atoms with van der Waals surface area (Å²) in [5.41, 5.74) is 1.27. The standard InChI is InChI=1S/C22H25ClN2O5S/c1-24(2)31(27,28)21-14-16(6-8-17(21)23)22(26)25-10-3-5-18(25)15-7-9-19-20(13-15)30-12-4-11-29-19/h6-9,13-14,18H,3-5,10-12H2,1-2H3/t18-/m0/s1. The molecule has 4 rings (SSSR count). The first kappa shape index (κ1) is 21.9. The number of carbonyl (C=O) groups excluding carboxylic acids is 1. The summed E-state index contributed by atoms with van der Waals surface area (Å²) in [6, 6.07) is 10.1. The molecular weight excluding hydrogens is 440 g/mol. The Hall–Kier alpha value is -2.29. The molecule has 0 bridgehead atoms. The second-order valence-electron chi connectivity index (χ2n) is 7.85. The molecule has 0 aliphatic carbocycles. The van der Waals surface area contributed by atoms with E-state index in [1.165, 1.54) is 26.2 Å². The molecule has 1 amide bonds. The normalized spacial score (nSPS) is 18.8. The van der Waals surface area contributed by atoms with Crippen molar-refractivity contribution >= 4 is 27.5 Å². The van der Waals surface area contributed by atoms with Crippen LogP contribution in [0.5, 0.6) is 11.5 Å². The van der Waals surface area contributed by atoms with Crippen molar-refractivity contribution in [2.24, 2.45) is 0 Å². The van der Waals surface area contributed by atoms with Crippen molar-refractivity contribution < 1.29 is 22.7 Å². The Kier molecular flexibility index (Phi) is 6.14. The Morgan fingerprint density at radius 1 is 1.06 bits per heavy atom. The molecule has 2 aromatic rings. The third kappa shape index (κ3) is 4.24. The van der Waals surface area contributed by atoms with Crippen LogP contribution < -0.4 is 9.47 Å². The second kappa shape index (κ2) is 8.68. The molecule has 0 unspecified atom stereocenters. The summed E-state index contributed by atoms with van der Waals surface area (Å²) in [6.45, 7) is 1.81. The molecule has 2 heterocycles. The number of carbonyl (C=O) groups is 1. The van der Waals surface area contributed by atoms with Gasteiger partial charge in [0.2, 0.25) is 10.0 Å². The van der Waals surface area contributed by atoms with Crippen LogP contribution in [0.15, 0.2) is 41.3 Å². The monoisotopic (exact) mass is 464 g/mol. The molecule has 166 valence electrons. The number of ether oxygens (including phenoxy) is 2. The number of hydrogen-bond donors (Lipinski definition) is 0. The molecule has 0 spiro atoms. The highest BCUT2D eigenvalue weighted by Crippen LogP contribution is 2.39. The second-order valence-corrected chi connectivity index (χ2v) is 10.4. The Labute approximate surface area is 187 Å². The number of fused-ring (bicyclic) bond motifs is 1. The Balaban J connectivity index is 1.64. The fraction of sp³-hybridized carbons (Fsp3) is 0.409. The highest BCUT2D eigenvalue weighted by molar-refractivity contribution is 7.89. The van der Waals surface area contributed by atoms with Gasteiger partial charge in [-0.2, -0.15) is 0 Å². The van der Waals surface area contributed by atoms with Crippen molar-refractivity contribution in [3.63, 3.8) is 0 Å². The van der Waals surface area contributed by atoms with E-state index >= 15 is 0 Å². The van der Waals surface area contributed by atoms with Crippen LogP contribution in [0, 0.1) is 0 Å². The molecule has 2 aliphatic rings. The van der Waals surface area contributed by atoms with Crippen molar-refractivity contribution in [3.05, 3.63) is 52.5 Å². The quantitative estimate of drug-likeness (QED) is 0.689. The fourth-order valence-corrected chi connectivity index (χ4v) is 5.33. The Morgan fingerprint density at radius 3 is 2.55 bits per heavy atom. The van der Waals surface area contributed by atoms with Crippen molar-refractivity contribution in [1.82, 2.24) is 9.21 Å². The van der Waals surface area contributed by atoms with E-state index in [0.717, 1.165) is 29.1 Å². The third-order valence-electron chi connectivity index (χ3n) is 5.61. The topological polar surface area (TPSA) is 76.2 Å². The number of likely N-dealkylation sites (tertiary alicyclic amines) is 1. The van der Waals surface area contributed by atoms with Gasteiger partial charge in [-0.1, -0.05) is 17.7 Å². The summed E-state index contributed by atoms with van der Waals surface area (Å²) in [7, 11) is -0.904. The summed E-state index contributed by atoms with van der Waals surface area (Å²) in [6.07, 6.45) is 2.51. The van der Waals surface area contributed by atoms with E-state index in [1.807, 2.05) is 18.2 Å². The summed E-state index contributed by atoms with van der Waals surface area (Å²) in [4.78, 5) is 15.1. The molecule has 9 heteroatoms. The van der Waals surface area contributed by atoms with Gasteiger partial charge in [-0.25, -0.2) is 12.7 Å². The number of rotatable bonds is 4. The van der Waals surface area contributed by atoms with Gasteiger partial charge in [-0.15, -0.1) is 0 Å². The van der Waals surface area contributed by atoms with Crippen LogP contribution in [0.3, 0.4) is 0 Å². The molecular formula is C22H25ClN2O5S. The first-order valence-electron chi connectivity index (χ1n) is 10.2. The fourth-order valence-electron chi connectivity index (χ4n) is 3.94. The molecule has 0 aromatic heterocycles. The average Bonchev–Trinajstić information content (AvgIpc) is 3.12. The first-order chi connectivity index (χ1) is 14.8. The van der Waals surface area contributed by atoms with Crippen molar-refractivity contribution in [2.45, 2.75) is 30.2 Å². The summed E-state index contributed by atoms with van der Waals surface area (Å²) in [5, 5.41) is 0.0890. The Bertz CT molecular complexity index is 1100. The van der Waals surface area contributed by atoms with Crippen LogP contribution >= 0.6 is 11.6 Å². The lowest BCUT2D eigenvalue weighted by Gasteiger charge is -2.26. The highest BCUT2D eigenvalue weighted by Gasteiger charge is 2.32. The van der Waals surface area contributed by atoms with Gasteiger partial charge >= 0.3 is 0 Å². The van der Waals surface area contributed by atoms with Gasteiger partial charge in [0, 0.05) is 32.6 Å². The van der Waals surface area contributed by atoms with Crippen molar-refractivity contribution in [2.75, 3.05) is 33.9 Å². The summed E-state index contributed by atoms with van der Waals surface area (Å²) < 4.78 is 37.8. The SMILES string of the molecule is CN(C)S(=O)(=O)c1cc(C(=O)N2CCC[C@H]2c2ccc3c(c2)OCCCO3)ccc1Cl. The van der Waals surface area contributed by atoms with E-state index in [1.54, 1.807) is 11.0 Å². The van der Waals surface area contributed by atoms with Crippen LogP contribution in [0.2, 0.25) is 5.02 Å². The summed E-state index contributed by atoms with van der Waals surface area (Å²) in [5.74, 6) is 1.19. The molecule has 2 aliphatic heterocycles. The molecule has 1 fully saturated rings. The maximum atomic E-state index is 13.4. The van der Waals surface area contributed by atoms with E-state index in [0.29, 0.717) is 36.8 Å². The van der Waals surface area contributed by atoms with Crippen LogP contribution in [0.1, 0.15) is 41.2 Å². The minimum absolute atomic E-state index is 0.0728. The zero-order chi connectivity index (χ0) is 22.2. The van der Waals surface area contributed by atoms with Gasteiger partial charge in [-0.3, -0.25) is 4.79 Å². The number of benzene rings is 2. The zero-order valence-electron chi connectivity index (χ0n) is 17.5. The van der Waals surface area contributed by atoms with Crippen LogP contribution in [0.25, 0.3) is 0 Å². The predicted octanol–water partition coefficient (Wildman–Crippen LogP) is 3.73. The van der Waals surface area contributed by atoms with E-state index in [-0.39, 0.29) is 21.9 Å². The lowest BCUT2D eigenvalue weighted by atomic mass is 10.0. The Morgan fingerprint density at radius 2 is 1.81 bits per heavy atom. The number of halogens is 1. The molecule has 31 heavy (non-hydrogen) atoms. The van der Waals surface area contributed by atoms with Crippen LogP contribution in [0.4, 0.5) is 0 Å². The maximum absolute atomic E-state index is 13.4. The molecule has 0 saturated carbocycles. The molecule has 2 aromatic carbocycles. The molecule has 7 nitrogen and oxygen atoms in total.